The molecule has 2 amide bonds. The van der Waals surface area contributed by atoms with Gasteiger partial charge in [0, 0.05) is 22.5 Å². The summed E-state index contributed by atoms with van der Waals surface area (Å²) in [6.07, 6.45) is -2.63. The van der Waals surface area contributed by atoms with Crippen molar-refractivity contribution in [2.24, 2.45) is 0 Å². The Bertz CT molecular complexity index is 896. The van der Waals surface area contributed by atoms with Gasteiger partial charge in [0.25, 0.3) is 5.91 Å². The smallest absolute Gasteiger partial charge is 0.376 e. The lowest BCUT2D eigenvalue weighted by molar-refractivity contribution is -0.123. The molecule has 0 aliphatic carbocycles. The molecule has 0 unspecified atom stereocenters. The van der Waals surface area contributed by atoms with E-state index in [9.17, 15) is 27.2 Å². The van der Waals surface area contributed by atoms with E-state index in [0.29, 0.717) is 5.69 Å². The molecule has 5 nitrogen and oxygen atoms in total. The minimum absolute atomic E-state index is 0.138. The average Bonchev–Trinajstić information content (AvgIpc) is 2.68. The van der Waals surface area contributed by atoms with Crippen LogP contribution in [0.3, 0.4) is 0 Å². The number of rotatable bonds is 8. The number of alkyl halides is 3. The first-order valence-corrected chi connectivity index (χ1v) is 9.37. The molecule has 30 heavy (non-hydrogen) atoms. The Balaban J connectivity index is 2.00. The number of halogens is 4. The van der Waals surface area contributed by atoms with Gasteiger partial charge in [0.05, 0.1) is 6.54 Å². The zero-order valence-electron chi connectivity index (χ0n) is 16.6. The molecule has 0 aliphatic heterocycles. The van der Waals surface area contributed by atoms with Crippen LogP contribution >= 0.6 is 0 Å². The molecular formula is C21H23F4N3O2. The maximum atomic E-state index is 14.1. The summed E-state index contributed by atoms with van der Waals surface area (Å²) in [6, 6.07) is 9.43. The van der Waals surface area contributed by atoms with Crippen molar-refractivity contribution >= 4 is 23.2 Å². The number of aryl methyl sites for hydroxylation is 1. The van der Waals surface area contributed by atoms with Gasteiger partial charge in [0.15, 0.2) is 0 Å². The first-order chi connectivity index (χ1) is 14.1. The van der Waals surface area contributed by atoms with Crippen LogP contribution in [0.4, 0.5) is 28.9 Å². The number of benzene rings is 2. The molecule has 0 radical (unpaired) electrons. The minimum atomic E-state index is -4.58. The van der Waals surface area contributed by atoms with Crippen LogP contribution in [0.15, 0.2) is 36.4 Å². The fraction of sp³-hybridized carbons (Fsp3) is 0.333. The van der Waals surface area contributed by atoms with Crippen molar-refractivity contribution in [3.63, 3.8) is 0 Å². The van der Waals surface area contributed by atoms with Gasteiger partial charge in [-0.15, -0.1) is 0 Å². The molecule has 2 rings (SSSR count). The largest absolute Gasteiger partial charge is 0.405 e. The Hall–Kier alpha value is -3.10. The number of hydrogen-bond acceptors (Lipinski definition) is 3. The second kappa shape index (κ2) is 10.1. The molecular weight excluding hydrogens is 402 g/mol. The third kappa shape index (κ3) is 7.06. The van der Waals surface area contributed by atoms with E-state index in [0.717, 1.165) is 24.5 Å². The van der Waals surface area contributed by atoms with Crippen LogP contribution in [-0.2, 0) is 11.2 Å². The third-order valence-electron chi connectivity index (χ3n) is 4.27. The van der Waals surface area contributed by atoms with Gasteiger partial charge >= 0.3 is 6.18 Å². The minimum Gasteiger partial charge on any atom is -0.376 e. The normalized spacial score (nSPS) is 11.1. The second-order valence-electron chi connectivity index (χ2n) is 6.78. The summed E-state index contributed by atoms with van der Waals surface area (Å²) in [5.74, 6) is -2.24. The fourth-order valence-corrected chi connectivity index (χ4v) is 2.70. The summed E-state index contributed by atoms with van der Waals surface area (Å²) in [7, 11) is 0. The predicted octanol–water partition coefficient (Wildman–Crippen LogP) is 4.43. The van der Waals surface area contributed by atoms with E-state index in [1.807, 2.05) is 12.1 Å². The van der Waals surface area contributed by atoms with Crippen LogP contribution in [0.5, 0.6) is 0 Å². The number of nitrogens with one attached hydrogen (secondary N) is 3. The van der Waals surface area contributed by atoms with Gasteiger partial charge in [-0.25, -0.2) is 4.39 Å². The van der Waals surface area contributed by atoms with Gasteiger partial charge in [-0.2, -0.15) is 13.2 Å². The Morgan fingerprint density at radius 2 is 1.73 bits per heavy atom. The van der Waals surface area contributed by atoms with Gasteiger partial charge in [0.1, 0.15) is 12.4 Å². The number of hydrogen-bond donors (Lipinski definition) is 3. The SMILES string of the molecule is CCCc1ccc(NC(=O)CNc2cc(C(=O)NCC(F)(F)F)cc(F)c2C)cc1. The van der Waals surface area contributed by atoms with Gasteiger partial charge in [-0.05, 0) is 43.2 Å². The molecule has 0 saturated carbocycles. The van der Waals surface area contributed by atoms with Crippen LogP contribution in [0, 0.1) is 12.7 Å². The summed E-state index contributed by atoms with van der Waals surface area (Å²) in [6.45, 7) is 1.76. The van der Waals surface area contributed by atoms with Crippen molar-refractivity contribution in [2.75, 3.05) is 23.7 Å². The highest BCUT2D eigenvalue weighted by Gasteiger charge is 2.28. The molecule has 0 saturated heterocycles. The highest BCUT2D eigenvalue weighted by atomic mass is 19.4. The van der Waals surface area contributed by atoms with Crippen molar-refractivity contribution < 1.29 is 27.2 Å². The monoisotopic (exact) mass is 425 g/mol. The predicted molar refractivity (Wildman–Crippen MR) is 107 cm³/mol. The van der Waals surface area contributed by atoms with Gasteiger partial charge < -0.3 is 16.0 Å². The van der Waals surface area contributed by atoms with Gasteiger partial charge in [-0.1, -0.05) is 25.5 Å². The lowest BCUT2D eigenvalue weighted by atomic mass is 10.1. The highest BCUT2D eigenvalue weighted by Crippen LogP contribution is 2.21. The van der Waals surface area contributed by atoms with E-state index in [1.165, 1.54) is 13.0 Å². The Morgan fingerprint density at radius 1 is 1.07 bits per heavy atom. The first-order valence-electron chi connectivity index (χ1n) is 9.37. The topological polar surface area (TPSA) is 70.2 Å². The van der Waals surface area contributed by atoms with Crippen molar-refractivity contribution in [3.05, 3.63) is 58.9 Å². The molecule has 3 N–H and O–H groups in total. The summed E-state index contributed by atoms with van der Waals surface area (Å²) >= 11 is 0. The first kappa shape index (κ1) is 23.2. The lowest BCUT2D eigenvalue weighted by Gasteiger charge is -2.14. The summed E-state index contributed by atoms with van der Waals surface area (Å²) in [5, 5.41) is 7.10. The summed E-state index contributed by atoms with van der Waals surface area (Å²) in [5.41, 5.74) is 1.75. The van der Waals surface area contributed by atoms with E-state index in [1.54, 1.807) is 17.4 Å². The van der Waals surface area contributed by atoms with Crippen LogP contribution in [0.2, 0.25) is 0 Å². The van der Waals surface area contributed by atoms with Crippen molar-refractivity contribution in [1.29, 1.82) is 0 Å². The van der Waals surface area contributed by atoms with Gasteiger partial charge in [-0.3, -0.25) is 9.59 Å². The van der Waals surface area contributed by atoms with Gasteiger partial charge in [0.2, 0.25) is 5.91 Å². The third-order valence-corrected chi connectivity index (χ3v) is 4.27. The zero-order chi connectivity index (χ0) is 22.3. The molecule has 0 heterocycles. The fourth-order valence-electron chi connectivity index (χ4n) is 2.70. The molecule has 0 aliphatic rings. The Labute approximate surface area is 171 Å². The van der Waals surface area contributed by atoms with E-state index < -0.39 is 30.4 Å². The highest BCUT2D eigenvalue weighted by molar-refractivity contribution is 5.96. The van der Waals surface area contributed by atoms with E-state index in [2.05, 4.69) is 17.6 Å². The Morgan fingerprint density at radius 3 is 2.33 bits per heavy atom. The lowest BCUT2D eigenvalue weighted by Crippen LogP contribution is -2.33. The molecule has 162 valence electrons. The van der Waals surface area contributed by atoms with Crippen molar-refractivity contribution in [1.82, 2.24) is 5.32 Å². The maximum Gasteiger partial charge on any atom is 0.405 e. The van der Waals surface area contributed by atoms with E-state index in [4.69, 9.17) is 0 Å². The molecule has 0 aromatic heterocycles. The average molecular weight is 425 g/mol. The van der Waals surface area contributed by atoms with Crippen LogP contribution in [-0.4, -0.2) is 31.1 Å². The molecule has 9 heteroatoms. The zero-order valence-corrected chi connectivity index (χ0v) is 16.6. The van der Waals surface area contributed by atoms with Crippen LogP contribution in [0.1, 0.15) is 34.8 Å². The number of amides is 2. The number of carbonyl (C=O) groups excluding carboxylic acids is 2. The van der Waals surface area contributed by atoms with Crippen LogP contribution in [0.25, 0.3) is 0 Å². The standard InChI is InChI=1S/C21H23F4N3O2/c1-3-4-14-5-7-16(8-6-14)28-19(29)11-26-18-10-15(9-17(22)13(18)2)20(30)27-12-21(23,24)25/h5-10,26H,3-4,11-12H2,1-2H3,(H,27,30)(H,28,29). The van der Waals surface area contributed by atoms with E-state index in [-0.39, 0.29) is 23.4 Å². The molecule has 2 aromatic carbocycles. The van der Waals surface area contributed by atoms with Crippen LogP contribution < -0.4 is 16.0 Å². The molecule has 0 bridgehead atoms. The Kier molecular flexibility index (Phi) is 7.79. The molecule has 0 fully saturated rings. The molecule has 0 atom stereocenters. The van der Waals surface area contributed by atoms with Crippen molar-refractivity contribution in [3.8, 4) is 0 Å². The summed E-state index contributed by atoms with van der Waals surface area (Å²) in [4.78, 5) is 24.0. The quantitative estimate of drug-likeness (QED) is 0.548. The second-order valence-corrected chi connectivity index (χ2v) is 6.78. The number of carbonyl (C=O) groups is 2. The number of anilines is 2. The maximum absolute atomic E-state index is 14.1. The van der Waals surface area contributed by atoms with E-state index >= 15 is 0 Å². The molecule has 2 aromatic rings. The van der Waals surface area contributed by atoms with Crippen molar-refractivity contribution in [2.45, 2.75) is 32.9 Å². The molecule has 0 spiro atoms. The summed E-state index contributed by atoms with van der Waals surface area (Å²) < 4.78 is 50.9.